The van der Waals surface area contributed by atoms with Crippen molar-refractivity contribution in [3.05, 3.63) is 29.8 Å². The molecule has 1 aliphatic heterocycles. The van der Waals surface area contributed by atoms with Crippen LogP contribution in [0.25, 0.3) is 0 Å². The molecule has 1 aromatic rings. The van der Waals surface area contributed by atoms with Crippen LogP contribution in [0.2, 0.25) is 0 Å². The average molecular weight is 252 g/mol. The summed E-state index contributed by atoms with van der Waals surface area (Å²) in [5, 5.41) is 0.582. The summed E-state index contributed by atoms with van der Waals surface area (Å²) in [7, 11) is 0. The van der Waals surface area contributed by atoms with Gasteiger partial charge in [0.25, 0.3) is 0 Å². The first kappa shape index (κ1) is 12.9. The van der Waals surface area contributed by atoms with Crippen LogP contribution in [0.1, 0.15) is 18.9 Å². The van der Waals surface area contributed by atoms with Crippen LogP contribution in [0, 0.1) is 0 Å². The highest BCUT2D eigenvalue weighted by Gasteiger charge is 2.21. The second-order valence-electron chi connectivity index (χ2n) is 4.24. The van der Waals surface area contributed by atoms with E-state index in [4.69, 9.17) is 9.47 Å². The Morgan fingerprint density at radius 1 is 1.18 bits per heavy atom. The molecule has 0 spiro atoms. The van der Waals surface area contributed by atoms with Gasteiger partial charge in [0.05, 0.1) is 19.8 Å². The fourth-order valence-corrected chi connectivity index (χ4v) is 3.17. The van der Waals surface area contributed by atoms with Crippen LogP contribution in [-0.2, 0) is 15.9 Å². The van der Waals surface area contributed by atoms with E-state index in [0.717, 1.165) is 32.7 Å². The number of benzene rings is 1. The maximum atomic E-state index is 5.65. The van der Waals surface area contributed by atoms with Gasteiger partial charge in [-0.25, -0.2) is 0 Å². The molecule has 1 aliphatic rings. The number of hydrogen-bond donors (Lipinski definition) is 0. The molecule has 0 fully saturated rings. The van der Waals surface area contributed by atoms with E-state index in [1.165, 1.54) is 10.5 Å². The van der Waals surface area contributed by atoms with Crippen molar-refractivity contribution in [2.75, 3.05) is 26.4 Å². The van der Waals surface area contributed by atoms with Crippen LogP contribution >= 0.6 is 11.8 Å². The molecule has 2 nitrogen and oxygen atoms in total. The quantitative estimate of drug-likeness (QED) is 0.695. The van der Waals surface area contributed by atoms with E-state index < -0.39 is 0 Å². The van der Waals surface area contributed by atoms with Crippen molar-refractivity contribution in [3.63, 3.8) is 0 Å². The maximum absolute atomic E-state index is 5.65. The summed E-state index contributed by atoms with van der Waals surface area (Å²) in [6, 6.07) is 8.63. The standard InChI is InChI=1S/C14H20O2S/c1-2-7-15-8-9-16-11-13-10-12-5-3-4-6-14(12)17-13/h3-6,13H,2,7-11H2,1H3. The van der Waals surface area contributed by atoms with Crippen LogP contribution in [0.3, 0.4) is 0 Å². The minimum atomic E-state index is 0.582. The SMILES string of the molecule is CCCOCCOCC1Cc2ccccc2S1. The van der Waals surface area contributed by atoms with Crippen molar-refractivity contribution < 1.29 is 9.47 Å². The summed E-state index contributed by atoms with van der Waals surface area (Å²) < 4.78 is 11.0. The van der Waals surface area contributed by atoms with Gasteiger partial charge in [-0.1, -0.05) is 25.1 Å². The van der Waals surface area contributed by atoms with Gasteiger partial charge in [-0.15, -0.1) is 11.8 Å². The minimum absolute atomic E-state index is 0.582. The molecule has 0 aliphatic carbocycles. The van der Waals surface area contributed by atoms with Crippen LogP contribution in [0.5, 0.6) is 0 Å². The largest absolute Gasteiger partial charge is 0.379 e. The van der Waals surface area contributed by atoms with Crippen LogP contribution in [-0.4, -0.2) is 31.7 Å². The molecule has 94 valence electrons. The Labute approximate surface area is 108 Å². The molecule has 2 rings (SSSR count). The zero-order valence-corrected chi connectivity index (χ0v) is 11.2. The van der Waals surface area contributed by atoms with Gasteiger partial charge in [-0.2, -0.15) is 0 Å². The third-order valence-corrected chi connectivity index (χ3v) is 4.03. The second kappa shape index (κ2) is 7.04. The Balaban J connectivity index is 1.60. The summed E-state index contributed by atoms with van der Waals surface area (Å²) in [5.74, 6) is 0. The minimum Gasteiger partial charge on any atom is -0.379 e. The topological polar surface area (TPSA) is 18.5 Å². The second-order valence-corrected chi connectivity index (χ2v) is 5.58. The van der Waals surface area contributed by atoms with E-state index in [0.29, 0.717) is 11.9 Å². The fourth-order valence-electron chi connectivity index (χ4n) is 1.93. The number of thioether (sulfide) groups is 1. The van der Waals surface area contributed by atoms with E-state index in [2.05, 4.69) is 31.2 Å². The van der Waals surface area contributed by atoms with Crippen LogP contribution in [0.15, 0.2) is 29.2 Å². The predicted molar refractivity (Wildman–Crippen MR) is 71.7 cm³/mol. The van der Waals surface area contributed by atoms with Crippen molar-refractivity contribution in [2.24, 2.45) is 0 Å². The number of ether oxygens (including phenoxy) is 2. The maximum Gasteiger partial charge on any atom is 0.0701 e. The molecule has 0 aromatic heterocycles. The normalized spacial score (nSPS) is 18.3. The lowest BCUT2D eigenvalue weighted by Crippen LogP contribution is -2.14. The van der Waals surface area contributed by atoms with Crippen molar-refractivity contribution in [3.8, 4) is 0 Å². The van der Waals surface area contributed by atoms with Gasteiger partial charge in [0.15, 0.2) is 0 Å². The molecule has 0 amide bonds. The molecule has 0 N–H and O–H groups in total. The fraction of sp³-hybridized carbons (Fsp3) is 0.571. The lowest BCUT2D eigenvalue weighted by molar-refractivity contribution is 0.0488. The van der Waals surface area contributed by atoms with E-state index >= 15 is 0 Å². The summed E-state index contributed by atoms with van der Waals surface area (Å²) in [4.78, 5) is 1.42. The number of rotatable bonds is 7. The summed E-state index contributed by atoms with van der Waals surface area (Å²) in [5.41, 5.74) is 1.47. The molecule has 1 unspecified atom stereocenters. The third kappa shape index (κ3) is 4.02. The molecule has 3 heteroatoms. The van der Waals surface area contributed by atoms with E-state index in [1.54, 1.807) is 0 Å². The Kier molecular flexibility index (Phi) is 5.36. The molecule has 1 atom stereocenters. The zero-order valence-electron chi connectivity index (χ0n) is 10.4. The molecule has 0 saturated heterocycles. The zero-order chi connectivity index (χ0) is 11.9. The summed E-state index contributed by atoms with van der Waals surface area (Å²) in [6.07, 6.45) is 2.21. The molecular weight excluding hydrogens is 232 g/mol. The van der Waals surface area contributed by atoms with Crippen molar-refractivity contribution in [2.45, 2.75) is 29.9 Å². The highest BCUT2D eigenvalue weighted by atomic mass is 32.2. The van der Waals surface area contributed by atoms with Crippen LogP contribution < -0.4 is 0 Å². The van der Waals surface area contributed by atoms with E-state index in [9.17, 15) is 0 Å². The molecular formula is C14H20O2S. The first-order valence-electron chi connectivity index (χ1n) is 6.30. The lowest BCUT2D eigenvalue weighted by Gasteiger charge is -2.09. The van der Waals surface area contributed by atoms with Gasteiger partial charge < -0.3 is 9.47 Å². The lowest BCUT2D eigenvalue weighted by atomic mass is 10.1. The average Bonchev–Trinajstić information content (AvgIpc) is 2.76. The Morgan fingerprint density at radius 3 is 2.82 bits per heavy atom. The van der Waals surface area contributed by atoms with Gasteiger partial charge in [-0.05, 0) is 24.5 Å². The molecule has 0 bridgehead atoms. The third-order valence-electron chi connectivity index (χ3n) is 2.74. The van der Waals surface area contributed by atoms with Gasteiger partial charge >= 0.3 is 0 Å². The summed E-state index contributed by atoms with van der Waals surface area (Å²) >= 11 is 1.94. The first-order chi connectivity index (χ1) is 8.40. The van der Waals surface area contributed by atoms with Gasteiger partial charge in [-0.3, -0.25) is 0 Å². The highest BCUT2D eigenvalue weighted by Crippen LogP contribution is 2.36. The van der Waals surface area contributed by atoms with Crippen LogP contribution in [0.4, 0.5) is 0 Å². The van der Waals surface area contributed by atoms with Gasteiger partial charge in [0.1, 0.15) is 0 Å². The van der Waals surface area contributed by atoms with Crippen molar-refractivity contribution in [1.82, 2.24) is 0 Å². The molecule has 1 heterocycles. The predicted octanol–water partition coefficient (Wildman–Crippen LogP) is 3.15. The number of fused-ring (bicyclic) bond motifs is 1. The van der Waals surface area contributed by atoms with Gasteiger partial charge in [0.2, 0.25) is 0 Å². The Bertz CT molecular complexity index is 316. The molecule has 0 saturated carbocycles. The highest BCUT2D eigenvalue weighted by molar-refractivity contribution is 8.00. The first-order valence-corrected chi connectivity index (χ1v) is 7.18. The monoisotopic (exact) mass is 252 g/mol. The molecule has 17 heavy (non-hydrogen) atoms. The Hall–Kier alpha value is -0.510. The molecule has 0 radical (unpaired) electrons. The molecule has 1 aromatic carbocycles. The summed E-state index contributed by atoms with van der Waals surface area (Å²) in [6.45, 7) is 5.22. The van der Waals surface area contributed by atoms with Crippen molar-refractivity contribution >= 4 is 11.8 Å². The van der Waals surface area contributed by atoms with Crippen molar-refractivity contribution in [1.29, 1.82) is 0 Å². The number of hydrogen-bond acceptors (Lipinski definition) is 3. The van der Waals surface area contributed by atoms with E-state index in [1.807, 2.05) is 11.8 Å². The Morgan fingerprint density at radius 2 is 2.00 bits per heavy atom. The smallest absolute Gasteiger partial charge is 0.0701 e. The van der Waals surface area contributed by atoms with Gasteiger partial charge in [0, 0.05) is 16.8 Å². The van der Waals surface area contributed by atoms with E-state index in [-0.39, 0.29) is 0 Å².